The molecule has 5 heteroatoms. The largest absolute Gasteiger partial charge is 0.360 e. The smallest absolute Gasteiger partial charge is 0.256 e. The van der Waals surface area contributed by atoms with Gasteiger partial charge in [0.1, 0.15) is 0 Å². The van der Waals surface area contributed by atoms with Gasteiger partial charge in [-0.05, 0) is 37.1 Å². The Kier molecular flexibility index (Phi) is 3.99. The first-order valence-electron chi connectivity index (χ1n) is 8.76. The van der Waals surface area contributed by atoms with Crippen LogP contribution in [0.1, 0.15) is 21.5 Å². The number of aromatic amines is 1. The SMILES string of the molecule is Cc1ccc(C)c(NC(=O)C2CN(C(=O)c3c[nH]c4ccccc34)C2)c1. The van der Waals surface area contributed by atoms with Gasteiger partial charge in [-0.25, -0.2) is 0 Å². The normalized spacial score (nSPS) is 14.3. The number of amides is 2. The molecule has 1 aliphatic heterocycles. The highest BCUT2D eigenvalue weighted by atomic mass is 16.2. The van der Waals surface area contributed by atoms with Gasteiger partial charge in [-0.2, -0.15) is 0 Å². The zero-order chi connectivity index (χ0) is 18.3. The fourth-order valence-corrected chi connectivity index (χ4v) is 3.33. The van der Waals surface area contributed by atoms with Crippen LogP contribution in [0.5, 0.6) is 0 Å². The van der Waals surface area contributed by atoms with E-state index in [-0.39, 0.29) is 17.7 Å². The summed E-state index contributed by atoms with van der Waals surface area (Å²) < 4.78 is 0. The molecule has 0 radical (unpaired) electrons. The minimum Gasteiger partial charge on any atom is -0.360 e. The predicted molar refractivity (Wildman–Crippen MR) is 102 cm³/mol. The molecular formula is C21H21N3O2. The number of nitrogens with one attached hydrogen (secondary N) is 2. The predicted octanol–water partition coefficient (Wildman–Crippen LogP) is 3.50. The Balaban J connectivity index is 1.41. The fraction of sp³-hybridized carbons (Fsp3) is 0.238. The van der Waals surface area contributed by atoms with Crippen molar-refractivity contribution in [3.8, 4) is 0 Å². The zero-order valence-corrected chi connectivity index (χ0v) is 14.9. The number of aromatic nitrogens is 1. The summed E-state index contributed by atoms with van der Waals surface area (Å²) in [7, 11) is 0. The van der Waals surface area contributed by atoms with Crippen molar-refractivity contribution in [1.29, 1.82) is 0 Å². The van der Waals surface area contributed by atoms with Crippen molar-refractivity contribution < 1.29 is 9.59 Å². The van der Waals surface area contributed by atoms with Crippen LogP contribution in [0, 0.1) is 19.8 Å². The molecule has 5 nitrogen and oxygen atoms in total. The summed E-state index contributed by atoms with van der Waals surface area (Å²) in [5, 5.41) is 3.91. The molecule has 0 saturated carbocycles. The van der Waals surface area contributed by atoms with E-state index in [2.05, 4.69) is 10.3 Å². The Morgan fingerprint density at radius 3 is 2.69 bits per heavy atom. The summed E-state index contributed by atoms with van der Waals surface area (Å²) >= 11 is 0. The number of nitrogens with zero attached hydrogens (tertiary/aromatic N) is 1. The number of fused-ring (bicyclic) bond motifs is 1. The van der Waals surface area contributed by atoms with Gasteiger partial charge in [0.15, 0.2) is 0 Å². The Hall–Kier alpha value is -3.08. The van der Waals surface area contributed by atoms with Crippen molar-refractivity contribution in [1.82, 2.24) is 9.88 Å². The lowest BCUT2D eigenvalue weighted by molar-refractivity contribution is -0.123. The number of H-pyrrole nitrogens is 1. The number of rotatable bonds is 3. The van der Waals surface area contributed by atoms with E-state index >= 15 is 0 Å². The van der Waals surface area contributed by atoms with E-state index in [1.165, 1.54) is 0 Å². The average molecular weight is 347 g/mol. The quantitative estimate of drug-likeness (QED) is 0.762. The molecule has 2 aromatic carbocycles. The van der Waals surface area contributed by atoms with E-state index in [1.807, 2.05) is 56.3 Å². The van der Waals surface area contributed by atoms with Crippen molar-refractivity contribution in [3.05, 3.63) is 65.4 Å². The van der Waals surface area contributed by atoms with Crippen molar-refractivity contribution in [2.45, 2.75) is 13.8 Å². The molecule has 132 valence electrons. The topological polar surface area (TPSA) is 65.2 Å². The molecule has 0 unspecified atom stereocenters. The van der Waals surface area contributed by atoms with Crippen LogP contribution >= 0.6 is 0 Å². The van der Waals surface area contributed by atoms with Crippen LogP contribution in [0.15, 0.2) is 48.7 Å². The lowest BCUT2D eigenvalue weighted by Gasteiger charge is -2.38. The number of benzene rings is 2. The lowest BCUT2D eigenvalue weighted by atomic mass is 9.97. The third-order valence-corrected chi connectivity index (χ3v) is 5.01. The first kappa shape index (κ1) is 16.4. The molecule has 1 aromatic heterocycles. The van der Waals surface area contributed by atoms with E-state index in [1.54, 1.807) is 11.1 Å². The van der Waals surface area contributed by atoms with Crippen LogP contribution in [0.25, 0.3) is 10.9 Å². The molecule has 0 spiro atoms. The fourth-order valence-electron chi connectivity index (χ4n) is 3.33. The standard InChI is InChI=1S/C21H21N3O2/c1-13-7-8-14(2)19(9-13)23-20(25)15-11-24(12-15)21(26)17-10-22-18-6-4-3-5-16(17)18/h3-10,15,22H,11-12H2,1-2H3,(H,23,25). The van der Waals surface area contributed by atoms with E-state index in [0.29, 0.717) is 18.7 Å². The number of carbonyl (C=O) groups is 2. The van der Waals surface area contributed by atoms with Gasteiger partial charge in [0.25, 0.3) is 5.91 Å². The van der Waals surface area contributed by atoms with Gasteiger partial charge in [0.2, 0.25) is 5.91 Å². The van der Waals surface area contributed by atoms with Gasteiger partial charge in [0, 0.05) is 35.9 Å². The van der Waals surface area contributed by atoms with Crippen molar-refractivity contribution >= 4 is 28.4 Å². The second-order valence-electron chi connectivity index (χ2n) is 6.96. The second-order valence-corrected chi connectivity index (χ2v) is 6.96. The maximum atomic E-state index is 12.7. The molecule has 26 heavy (non-hydrogen) atoms. The van der Waals surface area contributed by atoms with Gasteiger partial charge < -0.3 is 15.2 Å². The third kappa shape index (κ3) is 2.86. The molecule has 2 N–H and O–H groups in total. The summed E-state index contributed by atoms with van der Waals surface area (Å²) in [5.74, 6) is -0.219. The van der Waals surface area contributed by atoms with E-state index in [0.717, 1.165) is 27.7 Å². The number of aryl methyl sites for hydroxylation is 2. The monoisotopic (exact) mass is 347 g/mol. The summed E-state index contributed by atoms with van der Waals surface area (Å²) in [6.45, 7) is 4.88. The second kappa shape index (κ2) is 6.33. The van der Waals surface area contributed by atoms with Crippen LogP contribution < -0.4 is 5.32 Å². The van der Waals surface area contributed by atoms with E-state index in [9.17, 15) is 9.59 Å². The lowest BCUT2D eigenvalue weighted by Crippen LogP contribution is -2.54. The highest BCUT2D eigenvalue weighted by molar-refractivity contribution is 6.07. The van der Waals surface area contributed by atoms with Gasteiger partial charge in [-0.1, -0.05) is 30.3 Å². The molecule has 0 bridgehead atoms. The summed E-state index contributed by atoms with van der Waals surface area (Å²) in [6.07, 6.45) is 1.75. The number of hydrogen-bond acceptors (Lipinski definition) is 2. The molecule has 1 saturated heterocycles. The van der Waals surface area contributed by atoms with Crippen molar-refractivity contribution in [2.24, 2.45) is 5.92 Å². The van der Waals surface area contributed by atoms with Crippen LogP contribution in [0.2, 0.25) is 0 Å². The first-order chi connectivity index (χ1) is 12.5. The average Bonchev–Trinajstić information content (AvgIpc) is 3.01. The number of hydrogen-bond donors (Lipinski definition) is 2. The van der Waals surface area contributed by atoms with Crippen LogP contribution in [-0.2, 0) is 4.79 Å². The zero-order valence-electron chi connectivity index (χ0n) is 14.9. The maximum absolute atomic E-state index is 12.7. The van der Waals surface area contributed by atoms with Gasteiger partial charge >= 0.3 is 0 Å². The molecule has 3 aromatic rings. The van der Waals surface area contributed by atoms with Gasteiger partial charge in [0.05, 0.1) is 11.5 Å². The summed E-state index contributed by atoms with van der Waals surface area (Å²) in [5.41, 5.74) is 4.59. The summed E-state index contributed by atoms with van der Waals surface area (Å²) in [6, 6.07) is 13.7. The molecular weight excluding hydrogens is 326 g/mol. The number of para-hydroxylation sites is 1. The minimum atomic E-state index is -0.163. The van der Waals surface area contributed by atoms with Crippen LogP contribution in [0.3, 0.4) is 0 Å². The molecule has 0 atom stereocenters. The maximum Gasteiger partial charge on any atom is 0.256 e. The highest BCUT2D eigenvalue weighted by Gasteiger charge is 2.36. The number of anilines is 1. The Labute approximate surface area is 152 Å². The Morgan fingerprint density at radius 2 is 1.88 bits per heavy atom. The van der Waals surface area contributed by atoms with Crippen molar-refractivity contribution in [3.63, 3.8) is 0 Å². The van der Waals surface area contributed by atoms with Crippen molar-refractivity contribution in [2.75, 3.05) is 18.4 Å². The number of likely N-dealkylation sites (tertiary alicyclic amines) is 1. The first-order valence-corrected chi connectivity index (χ1v) is 8.76. The van der Waals surface area contributed by atoms with Crippen LogP contribution in [-0.4, -0.2) is 34.8 Å². The van der Waals surface area contributed by atoms with Gasteiger partial charge in [-0.15, -0.1) is 0 Å². The third-order valence-electron chi connectivity index (χ3n) is 5.01. The summed E-state index contributed by atoms with van der Waals surface area (Å²) in [4.78, 5) is 30.0. The molecule has 1 aliphatic rings. The molecule has 4 rings (SSSR count). The Bertz CT molecular complexity index is 999. The Morgan fingerprint density at radius 1 is 1.12 bits per heavy atom. The molecule has 1 fully saturated rings. The minimum absolute atomic E-state index is 0.0262. The molecule has 2 amide bonds. The number of carbonyl (C=O) groups excluding carboxylic acids is 2. The van der Waals surface area contributed by atoms with E-state index < -0.39 is 0 Å². The van der Waals surface area contributed by atoms with Gasteiger partial charge in [-0.3, -0.25) is 9.59 Å². The van der Waals surface area contributed by atoms with E-state index in [4.69, 9.17) is 0 Å². The van der Waals surface area contributed by atoms with Crippen LogP contribution in [0.4, 0.5) is 5.69 Å². The highest BCUT2D eigenvalue weighted by Crippen LogP contribution is 2.25. The molecule has 2 heterocycles. The molecule has 0 aliphatic carbocycles.